The molecule has 1 heterocycles. The topological polar surface area (TPSA) is 113 Å². The minimum absolute atomic E-state index is 0.0422. The van der Waals surface area contributed by atoms with Gasteiger partial charge >= 0.3 is 0 Å². The van der Waals surface area contributed by atoms with Crippen LogP contribution in [-0.2, 0) is 24.0 Å². The van der Waals surface area contributed by atoms with E-state index in [9.17, 15) is 24.0 Å². The van der Waals surface area contributed by atoms with Crippen LogP contribution < -0.4 is 10.6 Å². The fourth-order valence-electron chi connectivity index (χ4n) is 3.42. The molecular formula is C23H31N3O5. The number of aryl methyl sites for hydroxylation is 1. The molecule has 0 radical (unpaired) electrons. The lowest BCUT2D eigenvalue weighted by molar-refractivity contribution is -0.143. The summed E-state index contributed by atoms with van der Waals surface area (Å²) in [6, 6.07) is 6.53. The lowest BCUT2D eigenvalue weighted by Gasteiger charge is -2.24. The third kappa shape index (κ3) is 6.47. The van der Waals surface area contributed by atoms with Crippen molar-refractivity contribution in [1.29, 1.82) is 0 Å². The third-order valence-corrected chi connectivity index (χ3v) is 5.38. The van der Waals surface area contributed by atoms with Crippen LogP contribution in [0.15, 0.2) is 24.3 Å². The van der Waals surface area contributed by atoms with Crippen molar-refractivity contribution in [2.45, 2.75) is 53.5 Å². The predicted molar refractivity (Wildman–Crippen MR) is 116 cm³/mol. The van der Waals surface area contributed by atoms with Crippen molar-refractivity contribution < 1.29 is 24.0 Å². The van der Waals surface area contributed by atoms with E-state index in [1.807, 2.05) is 19.1 Å². The van der Waals surface area contributed by atoms with Gasteiger partial charge in [0.15, 0.2) is 5.78 Å². The Morgan fingerprint density at radius 2 is 1.71 bits per heavy atom. The molecule has 1 fully saturated rings. The number of ketones is 1. The van der Waals surface area contributed by atoms with Gasteiger partial charge < -0.3 is 10.6 Å². The van der Waals surface area contributed by atoms with Gasteiger partial charge in [-0.05, 0) is 25.0 Å². The number of hydrogen-bond donors (Lipinski definition) is 2. The second-order valence-electron chi connectivity index (χ2n) is 8.64. The van der Waals surface area contributed by atoms with Gasteiger partial charge in [-0.2, -0.15) is 0 Å². The van der Waals surface area contributed by atoms with Crippen LogP contribution in [0.1, 0.15) is 46.1 Å². The van der Waals surface area contributed by atoms with E-state index in [0.29, 0.717) is 5.69 Å². The van der Waals surface area contributed by atoms with Gasteiger partial charge in [0.05, 0.1) is 6.04 Å². The maximum atomic E-state index is 12.8. The molecule has 3 atom stereocenters. The molecule has 1 unspecified atom stereocenters. The molecule has 0 aromatic heterocycles. The first-order valence-corrected chi connectivity index (χ1v) is 10.5. The van der Waals surface area contributed by atoms with E-state index < -0.39 is 30.3 Å². The van der Waals surface area contributed by atoms with Crippen LogP contribution in [0.5, 0.6) is 0 Å². The van der Waals surface area contributed by atoms with Crippen LogP contribution in [0, 0.1) is 24.7 Å². The summed E-state index contributed by atoms with van der Waals surface area (Å²) < 4.78 is 0. The first kappa shape index (κ1) is 24.2. The Bertz CT molecular complexity index is 862. The highest BCUT2D eigenvalue weighted by Crippen LogP contribution is 2.19. The zero-order chi connectivity index (χ0) is 23.3. The van der Waals surface area contributed by atoms with Crippen LogP contribution in [0.3, 0.4) is 0 Å². The van der Waals surface area contributed by atoms with Crippen molar-refractivity contribution in [3.63, 3.8) is 0 Å². The van der Waals surface area contributed by atoms with E-state index in [2.05, 4.69) is 10.6 Å². The zero-order valence-corrected chi connectivity index (χ0v) is 18.7. The van der Waals surface area contributed by atoms with E-state index in [4.69, 9.17) is 0 Å². The maximum absolute atomic E-state index is 12.8. The number of imide groups is 1. The van der Waals surface area contributed by atoms with E-state index in [1.54, 1.807) is 39.8 Å². The molecule has 168 valence electrons. The average Bonchev–Trinajstić information content (AvgIpc) is 2.93. The van der Waals surface area contributed by atoms with Crippen molar-refractivity contribution in [2.75, 3.05) is 11.9 Å². The van der Waals surface area contributed by atoms with Gasteiger partial charge in [0.25, 0.3) is 0 Å². The molecule has 4 amide bonds. The summed E-state index contributed by atoms with van der Waals surface area (Å²) in [6.07, 6.45) is 0.0473. The lowest BCUT2D eigenvalue weighted by atomic mass is 9.92. The zero-order valence-electron chi connectivity index (χ0n) is 18.7. The van der Waals surface area contributed by atoms with Crippen molar-refractivity contribution in [3.05, 3.63) is 29.8 Å². The molecule has 0 spiro atoms. The summed E-state index contributed by atoms with van der Waals surface area (Å²) >= 11 is 0. The van der Waals surface area contributed by atoms with Crippen molar-refractivity contribution in [3.8, 4) is 0 Å². The number of nitrogens with one attached hydrogen (secondary N) is 2. The summed E-state index contributed by atoms with van der Waals surface area (Å²) in [5, 5.41) is 5.42. The number of carbonyl (C=O) groups excluding carboxylic acids is 5. The molecule has 1 aromatic carbocycles. The van der Waals surface area contributed by atoms with Crippen molar-refractivity contribution in [1.82, 2.24) is 10.2 Å². The molecular weight excluding hydrogens is 398 g/mol. The smallest absolute Gasteiger partial charge is 0.240 e. The number of Topliss-reactive ketones (excluding diaryl/α,β-unsaturated/α-hetero) is 1. The van der Waals surface area contributed by atoms with Crippen LogP contribution in [0.4, 0.5) is 5.69 Å². The van der Waals surface area contributed by atoms with E-state index in [-0.39, 0.29) is 42.3 Å². The SMILES string of the molecule is Cc1ccc(NC(=O)[C@H](C)CC(=O)[C@@H](NC(=O)CN2C(=O)CC(C)C2=O)C(C)C)cc1. The number of rotatable bonds is 9. The quantitative estimate of drug-likeness (QED) is 0.584. The summed E-state index contributed by atoms with van der Waals surface area (Å²) in [7, 11) is 0. The van der Waals surface area contributed by atoms with Gasteiger partial charge in [-0.3, -0.25) is 28.9 Å². The Kier molecular flexibility index (Phi) is 8.08. The maximum Gasteiger partial charge on any atom is 0.240 e. The van der Waals surface area contributed by atoms with Crippen molar-refractivity contribution >= 4 is 35.1 Å². The monoisotopic (exact) mass is 429 g/mol. The Balaban J connectivity index is 1.94. The fourth-order valence-corrected chi connectivity index (χ4v) is 3.42. The minimum atomic E-state index is -0.813. The minimum Gasteiger partial charge on any atom is -0.344 e. The molecule has 2 rings (SSSR count). The molecule has 0 bridgehead atoms. The second-order valence-corrected chi connectivity index (χ2v) is 8.64. The van der Waals surface area contributed by atoms with Gasteiger partial charge in [0, 0.05) is 30.4 Å². The standard InChI is InChI=1S/C23H31N3O5/c1-13(2)21(25-19(28)12-26-20(29)11-16(5)23(26)31)18(27)10-15(4)22(30)24-17-8-6-14(3)7-9-17/h6-9,13,15-16,21H,10-12H2,1-5H3,(H,24,30)(H,25,28)/t15-,16?,21+/m1/s1. The normalized spacial score (nSPS) is 18.1. The number of nitrogens with zero attached hydrogens (tertiary/aromatic N) is 1. The molecule has 1 aliphatic rings. The lowest BCUT2D eigenvalue weighted by Crippen LogP contribution is -2.49. The number of benzene rings is 1. The highest BCUT2D eigenvalue weighted by Gasteiger charge is 2.37. The summed E-state index contributed by atoms with van der Waals surface area (Å²) in [6.45, 7) is 8.42. The first-order chi connectivity index (χ1) is 14.5. The van der Waals surface area contributed by atoms with Gasteiger partial charge in [-0.25, -0.2) is 0 Å². The molecule has 0 aliphatic carbocycles. The van der Waals surface area contributed by atoms with Crippen LogP contribution >= 0.6 is 0 Å². The predicted octanol–water partition coefficient (Wildman–Crippen LogP) is 2.06. The Labute approximate surface area is 182 Å². The number of likely N-dealkylation sites (tertiary alicyclic amines) is 1. The number of amides is 4. The summed E-state index contributed by atoms with van der Waals surface area (Å²) in [5.41, 5.74) is 1.72. The number of anilines is 1. The molecule has 8 nitrogen and oxygen atoms in total. The highest BCUT2D eigenvalue weighted by molar-refractivity contribution is 6.06. The van der Waals surface area contributed by atoms with Gasteiger partial charge in [0.1, 0.15) is 6.54 Å². The Morgan fingerprint density at radius 1 is 1.10 bits per heavy atom. The van der Waals surface area contributed by atoms with Crippen molar-refractivity contribution in [2.24, 2.45) is 17.8 Å². The molecule has 8 heteroatoms. The summed E-state index contributed by atoms with van der Waals surface area (Å²) in [4.78, 5) is 62.5. The first-order valence-electron chi connectivity index (χ1n) is 10.5. The molecule has 1 aromatic rings. The molecule has 2 N–H and O–H groups in total. The van der Waals surface area contributed by atoms with E-state index in [0.717, 1.165) is 10.5 Å². The van der Waals surface area contributed by atoms with Gasteiger partial charge in [-0.15, -0.1) is 0 Å². The van der Waals surface area contributed by atoms with E-state index >= 15 is 0 Å². The molecule has 0 saturated carbocycles. The van der Waals surface area contributed by atoms with Gasteiger partial charge in [0.2, 0.25) is 23.6 Å². The third-order valence-electron chi connectivity index (χ3n) is 5.38. The highest BCUT2D eigenvalue weighted by atomic mass is 16.2. The van der Waals surface area contributed by atoms with Crippen LogP contribution in [0.2, 0.25) is 0 Å². The van der Waals surface area contributed by atoms with Crippen LogP contribution in [-0.4, -0.2) is 46.9 Å². The largest absolute Gasteiger partial charge is 0.344 e. The van der Waals surface area contributed by atoms with Crippen LogP contribution in [0.25, 0.3) is 0 Å². The number of hydrogen-bond acceptors (Lipinski definition) is 5. The molecule has 1 saturated heterocycles. The Morgan fingerprint density at radius 3 is 2.23 bits per heavy atom. The fraction of sp³-hybridized carbons (Fsp3) is 0.522. The molecule has 1 aliphatic heterocycles. The molecule has 31 heavy (non-hydrogen) atoms. The second kappa shape index (κ2) is 10.3. The van der Waals surface area contributed by atoms with E-state index in [1.165, 1.54) is 0 Å². The Hall–Kier alpha value is -3.03. The van der Waals surface area contributed by atoms with Gasteiger partial charge in [-0.1, -0.05) is 45.4 Å². The number of carbonyl (C=O) groups is 5. The average molecular weight is 430 g/mol. The summed E-state index contributed by atoms with van der Waals surface area (Å²) in [5.74, 6) is -3.14.